The van der Waals surface area contributed by atoms with E-state index in [0.29, 0.717) is 32.0 Å². The van der Waals surface area contributed by atoms with Crippen molar-refractivity contribution in [1.29, 1.82) is 0 Å². The monoisotopic (exact) mass is 491 g/mol. The van der Waals surface area contributed by atoms with E-state index in [2.05, 4.69) is 27.4 Å². The molecule has 2 aliphatic rings. The number of hydrogen-bond acceptors (Lipinski definition) is 3. The van der Waals surface area contributed by atoms with Gasteiger partial charge in [-0.1, -0.05) is 6.92 Å². The summed E-state index contributed by atoms with van der Waals surface area (Å²) in [5, 5.41) is 6.49. The van der Waals surface area contributed by atoms with E-state index in [4.69, 9.17) is 0 Å². The van der Waals surface area contributed by atoms with E-state index in [0.717, 1.165) is 32.1 Å². The van der Waals surface area contributed by atoms with E-state index in [9.17, 15) is 13.2 Å². The number of likely N-dealkylation sites (tertiary alicyclic amines) is 2. The van der Waals surface area contributed by atoms with Gasteiger partial charge in [0.05, 0.1) is 13.1 Å². The second kappa shape index (κ2) is 11.5. The van der Waals surface area contributed by atoms with Gasteiger partial charge in [-0.2, -0.15) is 13.2 Å². The lowest BCUT2D eigenvalue weighted by Gasteiger charge is -2.29. The Labute approximate surface area is 172 Å². The summed E-state index contributed by atoms with van der Waals surface area (Å²) in [4.78, 5) is 8.49. The number of aliphatic imine (C=N–C) groups is 1. The van der Waals surface area contributed by atoms with Gasteiger partial charge in [0.2, 0.25) is 0 Å². The van der Waals surface area contributed by atoms with E-state index in [1.165, 1.54) is 17.7 Å². The van der Waals surface area contributed by atoms with Crippen LogP contribution in [0.25, 0.3) is 0 Å². The standard InChI is InChI=1S/C17H32F3N5.HI/c1-3-21-16(22-7-11-24-8-4-14(2)5-9-24)23-15-6-10-25(12-15)13-17(18,19)20;/h14-15H,3-13H2,1-2H3,(H2,21,22,23);1H. The molecular weight excluding hydrogens is 458 g/mol. The third-order valence-electron chi connectivity index (χ3n) is 4.92. The first-order valence-corrected chi connectivity index (χ1v) is 9.42. The average molecular weight is 491 g/mol. The van der Waals surface area contributed by atoms with Gasteiger partial charge in [0.15, 0.2) is 5.96 Å². The molecule has 0 aliphatic carbocycles. The summed E-state index contributed by atoms with van der Waals surface area (Å²) in [6.07, 6.45) is -0.914. The van der Waals surface area contributed by atoms with Crippen molar-refractivity contribution in [2.75, 3.05) is 52.4 Å². The van der Waals surface area contributed by atoms with Crippen LogP contribution in [-0.4, -0.2) is 80.3 Å². The Morgan fingerprint density at radius 2 is 1.77 bits per heavy atom. The highest BCUT2D eigenvalue weighted by Crippen LogP contribution is 2.20. The van der Waals surface area contributed by atoms with Gasteiger partial charge in [0.25, 0.3) is 0 Å². The van der Waals surface area contributed by atoms with Gasteiger partial charge in [-0.3, -0.25) is 9.89 Å². The highest BCUT2D eigenvalue weighted by atomic mass is 127. The molecule has 2 aliphatic heterocycles. The van der Waals surface area contributed by atoms with Crippen molar-refractivity contribution >= 4 is 29.9 Å². The highest BCUT2D eigenvalue weighted by Gasteiger charge is 2.34. The van der Waals surface area contributed by atoms with Gasteiger partial charge < -0.3 is 15.5 Å². The van der Waals surface area contributed by atoms with E-state index in [1.54, 1.807) is 0 Å². The van der Waals surface area contributed by atoms with Crippen LogP contribution >= 0.6 is 24.0 Å². The number of piperidine rings is 1. The molecule has 2 fully saturated rings. The summed E-state index contributed by atoms with van der Waals surface area (Å²) in [5.74, 6) is 1.53. The normalized spacial score (nSPS) is 23.7. The Balaban J connectivity index is 0.00000338. The summed E-state index contributed by atoms with van der Waals surface area (Å²) < 4.78 is 37.4. The molecule has 0 aromatic carbocycles. The van der Waals surface area contributed by atoms with Gasteiger partial charge in [-0.25, -0.2) is 0 Å². The molecule has 0 radical (unpaired) electrons. The molecule has 9 heteroatoms. The van der Waals surface area contributed by atoms with Crippen LogP contribution in [-0.2, 0) is 0 Å². The Morgan fingerprint density at radius 1 is 1.12 bits per heavy atom. The second-order valence-electron chi connectivity index (χ2n) is 7.27. The summed E-state index contributed by atoms with van der Waals surface area (Å²) in [6.45, 7) is 9.01. The molecule has 0 aromatic heterocycles. The number of rotatable bonds is 6. The molecule has 1 unspecified atom stereocenters. The third kappa shape index (κ3) is 9.07. The van der Waals surface area contributed by atoms with Gasteiger partial charge in [-0.15, -0.1) is 24.0 Å². The van der Waals surface area contributed by atoms with Crippen molar-refractivity contribution < 1.29 is 13.2 Å². The highest BCUT2D eigenvalue weighted by molar-refractivity contribution is 14.0. The summed E-state index contributed by atoms with van der Waals surface area (Å²) >= 11 is 0. The van der Waals surface area contributed by atoms with E-state index >= 15 is 0 Å². The molecule has 154 valence electrons. The van der Waals surface area contributed by atoms with Crippen LogP contribution in [0.4, 0.5) is 13.2 Å². The van der Waals surface area contributed by atoms with E-state index < -0.39 is 12.7 Å². The lowest BCUT2D eigenvalue weighted by molar-refractivity contribution is -0.143. The Kier molecular flexibility index (Phi) is 10.5. The molecular formula is C17H33F3IN5. The minimum atomic E-state index is -4.13. The molecule has 1 atom stereocenters. The fourth-order valence-electron chi connectivity index (χ4n) is 3.45. The van der Waals surface area contributed by atoms with Crippen molar-refractivity contribution in [3.05, 3.63) is 0 Å². The molecule has 0 spiro atoms. The number of alkyl halides is 3. The fourth-order valence-corrected chi connectivity index (χ4v) is 3.45. The van der Waals surface area contributed by atoms with E-state index in [1.807, 2.05) is 6.92 Å². The molecule has 5 nitrogen and oxygen atoms in total. The quantitative estimate of drug-likeness (QED) is 0.341. The van der Waals surface area contributed by atoms with Crippen LogP contribution < -0.4 is 10.6 Å². The first kappa shape index (κ1) is 23.7. The maximum atomic E-state index is 12.5. The SMILES string of the molecule is CCNC(=NCCN1CCC(C)CC1)NC1CCN(CC(F)(F)F)C1.I. The van der Waals surface area contributed by atoms with Crippen LogP contribution in [0.5, 0.6) is 0 Å². The van der Waals surface area contributed by atoms with Crippen molar-refractivity contribution in [3.63, 3.8) is 0 Å². The summed E-state index contributed by atoms with van der Waals surface area (Å²) in [5.41, 5.74) is 0. The van der Waals surface area contributed by atoms with Gasteiger partial charge in [0.1, 0.15) is 0 Å². The van der Waals surface area contributed by atoms with E-state index in [-0.39, 0.29) is 30.0 Å². The van der Waals surface area contributed by atoms with Crippen molar-refractivity contribution in [2.45, 2.75) is 45.3 Å². The van der Waals surface area contributed by atoms with Crippen LogP contribution in [0.1, 0.15) is 33.1 Å². The lowest BCUT2D eigenvalue weighted by Crippen LogP contribution is -2.45. The Hall–Kier alpha value is -0.290. The number of guanidine groups is 1. The van der Waals surface area contributed by atoms with Crippen LogP contribution in [0.2, 0.25) is 0 Å². The number of nitrogens with one attached hydrogen (secondary N) is 2. The Morgan fingerprint density at radius 3 is 2.38 bits per heavy atom. The Bertz CT molecular complexity index is 425. The number of nitrogens with zero attached hydrogens (tertiary/aromatic N) is 3. The number of hydrogen-bond donors (Lipinski definition) is 2. The van der Waals surface area contributed by atoms with Crippen molar-refractivity contribution in [1.82, 2.24) is 20.4 Å². The molecule has 0 bridgehead atoms. The predicted molar refractivity (Wildman–Crippen MR) is 110 cm³/mol. The van der Waals surface area contributed by atoms with Crippen LogP contribution in [0, 0.1) is 5.92 Å². The molecule has 2 rings (SSSR count). The van der Waals surface area contributed by atoms with Crippen molar-refractivity contribution in [2.24, 2.45) is 10.9 Å². The average Bonchev–Trinajstić information content (AvgIpc) is 2.94. The lowest BCUT2D eigenvalue weighted by atomic mass is 9.99. The smallest absolute Gasteiger partial charge is 0.357 e. The molecule has 0 aromatic rings. The minimum Gasteiger partial charge on any atom is -0.357 e. The molecule has 0 amide bonds. The molecule has 2 N–H and O–H groups in total. The van der Waals surface area contributed by atoms with Gasteiger partial charge in [0, 0.05) is 32.2 Å². The second-order valence-corrected chi connectivity index (χ2v) is 7.27. The van der Waals surface area contributed by atoms with Crippen LogP contribution in [0.3, 0.4) is 0 Å². The zero-order chi connectivity index (χ0) is 18.3. The molecule has 0 saturated carbocycles. The number of halogens is 4. The van der Waals surface area contributed by atoms with Gasteiger partial charge in [-0.05, 0) is 45.2 Å². The van der Waals surface area contributed by atoms with Crippen molar-refractivity contribution in [3.8, 4) is 0 Å². The molecule has 2 saturated heterocycles. The largest absolute Gasteiger partial charge is 0.401 e. The maximum Gasteiger partial charge on any atom is 0.401 e. The molecule has 2 heterocycles. The zero-order valence-electron chi connectivity index (χ0n) is 15.8. The zero-order valence-corrected chi connectivity index (χ0v) is 18.1. The van der Waals surface area contributed by atoms with Gasteiger partial charge >= 0.3 is 6.18 Å². The third-order valence-corrected chi connectivity index (χ3v) is 4.92. The first-order valence-electron chi connectivity index (χ1n) is 9.42. The minimum absolute atomic E-state index is 0. The summed E-state index contributed by atoms with van der Waals surface area (Å²) in [6, 6.07) is 0.0241. The fraction of sp³-hybridized carbons (Fsp3) is 0.941. The maximum absolute atomic E-state index is 12.5. The molecule has 26 heavy (non-hydrogen) atoms. The first-order chi connectivity index (χ1) is 11.9. The predicted octanol–water partition coefficient (Wildman–Crippen LogP) is 2.53. The summed E-state index contributed by atoms with van der Waals surface area (Å²) in [7, 11) is 0. The van der Waals surface area contributed by atoms with Crippen LogP contribution in [0.15, 0.2) is 4.99 Å². The topological polar surface area (TPSA) is 42.9 Å².